The molecular weight excluding hydrogens is 352 g/mol. The molecule has 6 heteroatoms. The Morgan fingerprint density at radius 2 is 2.00 bits per heavy atom. The topological polar surface area (TPSA) is 66.0 Å². The predicted octanol–water partition coefficient (Wildman–Crippen LogP) is 2.59. The summed E-state index contributed by atoms with van der Waals surface area (Å²) < 4.78 is 5.35. The van der Waals surface area contributed by atoms with Gasteiger partial charge in [-0.3, -0.25) is 9.69 Å². The number of rotatable bonds is 6. The fourth-order valence-electron chi connectivity index (χ4n) is 3.65. The number of carbonyl (C=O) groups is 1. The largest absolute Gasteiger partial charge is 0.379 e. The van der Waals surface area contributed by atoms with E-state index in [0.717, 1.165) is 68.3 Å². The van der Waals surface area contributed by atoms with E-state index in [1.165, 1.54) is 5.56 Å². The van der Waals surface area contributed by atoms with E-state index in [4.69, 9.17) is 4.74 Å². The number of benzene rings is 2. The highest BCUT2D eigenvalue weighted by molar-refractivity contribution is 6.14. The zero-order chi connectivity index (χ0) is 19.2. The number of anilines is 1. The molecule has 2 aromatic carbocycles. The number of amides is 1. The molecule has 0 atom stereocenters. The molecule has 2 aromatic rings. The first-order chi connectivity index (χ1) is 13.8. The summed E-state index contributed by atoms with van der Waals surface area (Å²) in [4.78, 5) is 14.7. The fourth-order valence-corrected chi connectivity index (χ4v) is 3.65. The van der Waals surface area contributed by atoms with E-state index in [1.54, 1.807) is 0 Å². The molecule has 1 saturated heterocycles. The minimum Gasteiger partial charge on any atom is -0.379 e. The molecule has 0 spiro atoms. The van der Waals surface area contributed by atoms with Gasteiger partial charge in [0.05, 0.1) is 25.5 Å². The van der Waals surface area contributed by atoms with Crippen LogP contribution in [0.2, 0.25) is 0 Å². The highest BCUT2D eigenvalue weighted by atomic mass is 16.5. The molecule has 0 aromatic heterocycles. The Kier molecular flexibility index (Phi) is 5.99. The Bertz CT molecular complexity index is 859. The second-order valence-electron chi connectivity index (χ2n) is 7.14. The maximum atomic E-state index is 12.3. The van der Waals surface area contributed by atoms with Gasteiger partial charge in [-0.25, -0.2) is 0 Å². The van der Waals surface area contributed by atoms with Crippen LogP contribution in [0, 0.1) is 0 Å². The van der Waals surface area contributed by atoms with Gasteiger partial charge < -0.3 is 15.5 Å². The van der Waals surface area contributed by atoms with Crippen molar-refractivity contribution in [1.82, 2.24) is 10.3 Å². The summed E-state index contributed by atoms with van der Waals surface area (Å²) in [6, 6.07) is 16.2. The van der Waals surface area contributed by atoms with Crippen LogP contribution in [0.4, 0.5) is 5.69 Å². The monoisotopic (exact) mass is 378 g/mol. The van der Waals surface area contributed by atoms with Crippen LogP contribution in [0.5, 0.6) is 0 Å². The molecule has 6 nitrogen and oxygen atoms in total. The maximum absolute atomic E-state index is 12.3. The number of morpholine rings is 1. The number of fused-ring (bicyclic) bond motifs is 1. The van der Waals surface area contributed by atoms with Gasteiger partial charge in [-0.2, -0.15) is 5.10 Å². The molecule has 0 radical (unpaired) electrons. The molecule has 2 N–H and O–H groups in total. The summed E-state index contributed by atoms with van der Waals surface area (Å²) in [5, 5.41) is 7.53. The zero-order valence-electron chi connectivity index (χ0n) is 16.0. The van der Waals surface area contributed by atoms with E-state index >= 15 is 0 Å². The Labute approximate surface area is 165 Å². The number of hydrogen-bond acceptors (Lipinski definition) is 5. The quantitative estimate of drug-likeness (QED) is 0.811. The van der Waals surface area contributed by atoms with Gasteiger partial charge in [0.25, 0.3) is 0 Å². The molecule has 4 rings (SSSR count). The molecule has 2 aliphatic heterocycles. The molecule has 0 bridgehead atoms. The smallest absolute Gasteiger partial charge is 0.224 e. The first-order valence-corrected chi connectivity index (χ1v) is 9.89. The van der Waals surface area contributed by atoms with Crippen molar-refractivity contribution in [2.75, 3.05) is 38.2 Å². The second-order valence-corrected chi connectivity index (χ2v) is 7.14. The van der Waals surface area contributed by atoms with Crippen LogP contribution in [0.1, 0.15) is 29.5 Å². The third-order valence-electron chi connectivity index (χ3n) is 5.13. The highest BCUT2D eigenvalue weighted by Gasteiger charge is 2.16. The van der Waals surface area contributed by atoms with Crippen LogP contribution in [0.25, 0.3) is 0 Å². The molecule has 0 unspecified atom stereocenters. The summed E-state index contributed by atoms with van der Waals surface area (Å²) >= 11 is 0. The van der Waals surface area contributed by atoms with Crippen molar-refractivity contribution in [3.05, 3.63) is 65.2 Å². The number of hydrazone groups is 1. The molecule has 2 aliphatic rings. The first-order valence-electron chi connectivity index (χ1n) is 9.89. The highest BCUT2D eigenvalue weighted by Crippen LogP contribution is 2.21. The molecular formula is C22H26N4O2. The maximum Gasteiger partial charge on any atom is 0.224 e. The Morgan fingerprint density at radius 3 is 2.89 bits per heavy atom. The van der Waals surface area contributed by atoms with Crippen LogP contribution in [0.3, 0.4) is 0 Å². The number of carbonyl (C=O) groups excluding carboxylic acids is 1. The Hall–Kier alpha value is -2.70. The number of nitrogens with one attached hydrogen (secondary N) is 2. The molecule has 2 heterocycles. The van der Waals surface area contributed by atoms with Crippen LogP contribution in [0.15, 0.2) is 53.6 Å². The third-order valence-corrected chi connectivity index (χ3v) is 5.13. The average molecular weight is 378 g/mol. The Morgan fingerprint density at radius 1 is 1.14 bits per heavy atom. The predicted molar refractivity (Wildman–Crippen MR) is 110 cm³/mol. The van der Waals surface area contributed by atoms with E-state index < -0.39 is 0 Å². The fraction of sp³-hybridized carbons (Fsp3) is 0.364. The summed E-state index contributed by atoms with van der Waals surface area (Å²) in [5.41, 5.74) is 8.16. The molecule has 1 amide bonds. The number of ether oxygens (including phenoxy) is 1. The van der Waals surface area contributed by atoms with Crippen molar-refractivity contribution >= 4 is 17.3 Å². The van der Waals surface area contributed by atoms with Gasteiger partial charge in [0, 0.05) is 36.3 Å². The lowest BCUT2D eigenvalue weighted by atomic mass is 9.96. The number of hydrogen-bond donors (Lipinski definition) is 2. The summed E-state index contributed by atoms with van der Waals surface area (Å²) in [6.45, 7) is 5.18. The van der Waals surface area contributed by atoms with Crippen molar-refractivity contribution < 1.29 is 9.53 Å². The van der Waals surface area contributed by atoms with E-state index in [0.29, 0.717) is 6.42 Å². The van der Waals surface area contributed by atoms with Crippen LogP contribution in [-0.4, -0.2) is 49.4 Å². The lowest BCUT2D eigenvalue weighted by Crippen LogP contribution is -2.37. The molecule has 146 valence electrons. The second kappa shape index (κ2) is 8.99. The van der Waals surface area contributed by atoms with Gasteiger partial charge in [-0.05, 0) is 30.7 Å². The van der Waals surface area contributed by atoms with Crippen molar-refractivity contribution in [3.63, 3.8) is 0 Å². The Balaban J connectivity index is 1.36. The summed E-state index contributed by atoms with van der Waals surface area (Å²) in [6.07, 6.45) is 1.38. The minimum atomic E-state index is 0.0505. The van der Waals surface area contributed by atoms with Crippen LogP contribution < -0.4 is 10.7 Å². The van der Waals surface area contributed by atoms with Gasteiger partial charge in [-0.1, -0.05) is 36.4 Å². The number of nitrogens with zero attached hydrogens (tertiary/aromatic N) is 2. The van der Waals surface area contributed by atoms with Gasteiger partial charge in [0.15, 0.2) is 0 Å². The van der Waals surface area contributed by atoms with Crippen molar-refractivity contribution in [2.45, 2.75) is 19.4 Å². The summed E-state index contributed by atoms with van der Waals surface area (Å²) in [5.74, 6) is 0.0505. The van der Waals surface area contributed by atoms with Crippen LogP contribution in [-0.2, 0) is 16.1 Å². The van der Waals surface area contributed by atoms with Gasteiger partial charge in [-0.15, -0.1) is 0 Å². The van der Waals surface area contributed by atoms with Gasteiger partial charge in [0.2, 0.25) is 5.91 Å². The third kappa shape index (κ3) is 4.58. The van der Waals surface area contributed by atoms with Gasteiger partial charge >= 0.3 is 0 Å². The average Bonchev–Trinajstić information content (AvgIpc) is 2.74. The molecule has 1 fully saturated rings. The SMILES string of the molecule is O=C(CCCN1CCOCC1)Nc1cccc(C2=NNCc3ccccc32)c1. The van der Waals surface area contributed by atoms with E-state index in [2.05, 4.69) is 32.9 Å². The molecule has 28 heavy (non-hydrogen) atoms. The van der Waals surface area contributed by atoms with E-state index in [9.17, 15) is 4.79 Å². The van der Waals surface area contributed by atoms with E-state index in [-0.39, 0.29) is 5.91 Å². The van der Waals surface area contributed by atoms with Crippen molar-refractivity contribution in [2.24, 2.45) is 5.10 Å². The normalized spacial score (nSPS) is 16.6. The van der Waals surface area contributed by atoms with E-state index in [1.807, 2.05) is 36.4 Å². The van der Waals surface area contributed by atoms with Gasteiger partial charge in [0.1, 0.15) is 0 Å². The molecule has 0 aliphatic carbocycles. The lowest BCUT2D eigenvalue weighted by Gasteiger charge is -2.26. The summed E-state index contributed by atoms with van der Waals surface area (Å²) in [7, 11) is 0. The molecule has 0 saturated carbocycles. The zero-order valence-corrected chi connectivity index (χ0v) is 16.0. The first kappa shape index (κ1) is 18.7. The lowest BCUT2D eigenvalue weighted by molar-refractivity contribution is -0.116. The minimum absolute atomic E-state index is 0.0505. The van der Waals surface area contributed by atoms with Crippen LogP contribution >= 0.6 is 0 Å². The van der Waals surface area contributed by atoms with Crippen molar-refractivity contribution in [1.29, 1.82) is 0 Å². The van der Waals surface area contributed by atoms with Crippen molar-refractivity contribution in [3.8, 4) is 0 Å². The standard InChI is InChI=1S/C22H26N4O2/c27-21(9-4-10-26-11-13-28-14-12-26)24-19-7-3-6-17(15-19)22-20-8-2-1-5-18(20)16-23-25-22/h1-3,5-8,15,23H,4,9-14,16H2,(H,24,27).